The summed E-state index contributed by atoms with van der Waals surface area (Å²) in [5.41, 5.74) is 1.45. The van der Waals surface area contributed by atoms with Gasteiger partial charge < -0.3 is 10.4 Å². The second-order valence-electron chi connectivity index (χ2n) is 5.49. The highest BCUT2D eigenvalue weighted by Gasteiger charge is 2.24. The number of carboxylic acids is 1. The van der Waals surface area contributed by atoms with Gasteiger partial charge in [0.1, 0.15) is 0 Å². The topological polar surface area (TPSA) is 52.6 Å². The zero-order valence-corrected chi connectivity index (χ0v) is 11.6. The van der Waals surface area contributed by atoms with Crippen LogP contribution in [0.2, 0.25) is 0 Å². The molecule has 2 rings (SSSR count). The van der Waals surface area contributed by atoms with Gasteiger partial charge in [0.25, 0.3) is 0 Å². The van der Waals surface area contributed by atoms with Gasteiger partial charge in [0.05, 0.1) is 5.56 Å². The molecule has 0 saturated carbocycles. The highest BCUT2D eigenvalue weighted by atomic mass is 16.4. The third-order valence-electron chi connectivity index (χ3n) is 3.73. The smallest absolute Gasteiger partial charge is 0.335 e. The largest absolute Gasteiger partial charge is 0.478 e. The van der Waals surface area contributed by atoms with Crippen LogP contribution in [0.25, 0.3) is 0 Å². The standard InChI is InChI=1S/C15H22N2O2/c1-11(2)14-9-16-6-7-17(14)10-12-4-3-5-13(8-12)15(18)19/h3-5,8,11,14,16H,6-7,9-10H2,1-2H3,(H,18,19). The van der Waals surface area contributed by atoms with Crippen molar-refractivity contribution >= 4 is 5.97 Å². The van der Waals surface area contributed by atoms with Crippen molar-refractivity contribution in [1.29, 1.82) is 0 Å². The Morgan fingerprint density at radius 3 is 3.00 bits per heavy atom. The van der Waals surface area contributed by atoms with Crippen LogP contribution >= 0.6 is 0 Å². The van der Waals surface area contributed by atoms with E-state index in [-0.39, 0.29) is 0 Å². The Morgan fingerprint density at radius 1 is 1.53 bits per heavy atom. The highest BCUT2D eigenvalue weighted by Crippen LogP contribution is 2.17. The van der Waals surface area contributed by atoms with Gasteiger partial charge in [-0.2, -0.15) is 0 Å². The Hall–Kier alpha value is -1.39. The van der Waals surface area contributed by atoms with Crippen molar-refractivity contribution in [3.05, 3.63) is 35.4 Å². The molecule has 1 atom stereocenters. The molecule has 2 N–H and O–H groups in total. The Bertz CT molecular complexity index is 446. The number of carboxylic acid groups (broad SMARTS) is 1. The van der Waals surface area contributed by atoms with Crippen LogP contribution in [0.4, 0.5) is 0 Å². The zero-order valence-electron chi connectivity index (χ0n) is 11.6. The summed E-state index contributed by atoms with van der Waals surface area (Å²) in [7, 11) is 0. The molecule has 0 bridgehead atoms. The quantitative estimate of drug-likeness (QED) is 0.869. The first-order valence-electron chi connectivity index (χ1n) is 6.85. The number of benzene rings is 1. The van der Waals surface area contributed by atoms with Gasteiger partial charge in [-0.3, -0.25) is 4.90 Å². The van der Waals surface area contributed by atoms with E-state index in [0.717, 1.165) is 31.7 Å². The molecular weight excluding hydrogens is 240 g/mol. The molecule has 4 nitrogen and oxygen atoms in total. The lowest BCUT2D eigenvalue weighted by Gasteiger charge is -2.38. The predicted octanol–water partition coefficient (Wildman–Crippen LogP) is 1.81. The molecule has 4 heteroatoms. The number of carbonyl (C=O) groups is 1. The normalized spacial score (nSPS) is 20.7. The summed E-state index contributed by atoms with van der Waals surface area (Å²) < 4.78 is 0. The van der Waals surface area contributed by atoms with Crippen LogP contribution in [0.3, 0.4) is 0 Å². The number of hydrogen-bond acceptors (Lipinski definition) is 3. The molecule has 0 spiro atoms. The van der Waals surface area contributed by atoms with Crippen molar-refractivity contribution in [2.24, 2.45) is 5.92 Å². The van der Waals surface area contributed by atoms with Gasteiger partial charge in [-0.05, 0) is 23.6 Å². The second kappa shape index (κ2) is 6.17. The molecular formula is C15H22N2O2. The van der Waals surface area contributed by atoms with Crippen molar-refractivity contribution in [3.8, 4) is 0 Å². The van der Waals surface area contributed by atoms with Crippen LogP contribution in [0.15, 0.2) is 24.3 Å². The third kappa shape index (κ3) is 3.55. The lowest BCUT2D eigenvalue weighted by atomic mass is 9.99. The van der Waals surface area contributed by atoms with E-state index < -0.39 is 5.97 Å². The van der Waals surface area contributed by atoms with Gasteiger partial charge >= 0.3 is 5.97 Å². The van der Waals surface area contributed by atoms with Crippen molar-refractivity contribution in [2.75, 3.05) is 19.6 Å². The van der Waals surface area contributed by atoms with Crippen LogP contribution in [0, 0.1) is 5.92 Å². The van der Waals surface area contributed by atoms with E-state index in [1.54, 1.807) is 12.1 Å². The molecule has 1 aliphatic heterocycles. The molecule has 0 aliphatic carbocycles. The number of piperazine rings is 1. The van der Waals surface area contributed by atoms with E-state index in [2.05, 4.69) is 24.1 Å². The van der Waals surface area contributed by atoms with E-state index in [1.807, 2.05) is 12.1 Å². The molecule has 1 aliphatic rings. The van der Waals surface area contributed by atoms with Gasteiger partial charge in [-0.25, -0.2) is 4.79 Å². The summed E-state index contributed by atoms with van der Waals surface area (Å²) in [4.78, 5) is 13.4. The van der Waals surface area contributed by atoms with E-state index in [1.165, 1.54) is 0 Å². The van der Waals surface area contributed by atoms with E-state index in [9.17, 15) is 4.79 Å². The average Bonchev–Trinajstić information content (AvgIpc) is 2.39. The molecule has 1 aromatic rings. The van der Waals surface area contributed by atoms with Crippen LogP contribution in [-0.2, 0) is 6.54 Å². The zero-order chi connectivity index (χ0) is 13.8. The summed E-state index contributed by atoms with van der Waals surface area (Å²) in [6, 6.07) is 7.77. The van der Waals surface area contributed by atoms with Gasteiger partial charge in [-0.15, -0.1) is 0 Å². The molecule has 104 valence electrons. The molecule has 1 heterocycles. The van der Waals surface area contributed by atoms with Gasteiger partial charge in [0.2, 0.25) is 0 Å². The maximum Gasteiger partial charge on any atom is 0.335 e. The number of aromatic carboxylic acids is 1. The van der Waals surface area contributed by atoms with Crippen LogP contribution < -0.4 is 5.32 Å². The molecule has 0 amide bonds. The Labute approximate surface area is 114 Å². The first-order chi connectivity index (χ1) is 9.08. The molecule has 0 radical (unpaired) electrons. The van der Waals surface area contributed by atoms with E-state index in [0.29, 0.717) is 17.5 Å². The summed E-state index contributed by atoms with van der Waals surface area (Å²) in [5, 5.41) is 12.5. The first-order valence-corrected chi connectivity index (χ1v) is 6.85. The van der Waals surface area contributed by atoms with Gasteiger partial charge in [-0.1, -0.05) is 26.0 Å². The minimum absolute atomic E-state index is 0.369. The van der Waals surface area contributed by atoms with E-state index in [4.69, 9.17) is 5.11 Å². The summed E-state index contributed by atoms with van der Waals surface area (Å²) in [5.74, 6) is -0.266. The van der Waals surface area contributed by atoms with Gasteiger partial charge in [0.15, 0.2) is 0 Å². The van der Waals surface area contributed by atoms with Crippen LogP contribution in [-0.4, -0.2) is 41.7 Å². The molecule has 19 heavy (non-hydrogen) atoms. The Morgan fingerprint density at radius 2 is 2.32 bits per heavy atom. The SMILES string of the molecule is CC(C)C1CNCCN1Cc1cccc(C(=O)O)c1. The van der Waals surface area contributed by atoms with Crippen LogP contribution in [0.1, 0.15) is 29.8 Å². The monoisotopic (exact) mass is 262 g/mol. The summed E-state index contributed by atoms with van der Waals surface area (Å²) in [6.07, 6.45) is 0. The fourth-order valence-corrected chi connectivity index (χ4v) is 2.66. The lowest BCUT2D eigenvalue weighted by molar-refractivity contribution is 0.0696. The molecule has 1 unspecified atom stereocenters. The number of nitrogens with zero attached hydrogens (tertiary/aromatic N) is 1. The molecule has 1 saturated heterocycles. The minimum Gasteiger partial charge on any atom is -0.478 e. The molecule has 1 fully saturated rings. The first kappa shape index (κ1) is 14.0. The molecule has 1 aromatic carbocycles. The average molecular weight is 262 g/mol. The summed E-state index contributed by atoms with van der Waals surface area (Å²) in [6.45, 7) is 8.32. The number of hydrogen-bond donors (Lipinski definition) is 2. The van der Waals surface area contributed by atoms with Gasteiger partial charge in [0, 0.05) is 32.2 Å². The fraction of sp³-hybridized carbons (Fsp3) is 0.533. The van der Waals surface area contributed by atoms with Crippen LogP contribution in [0.5, 0.6) is 0 Å². The third-order valence-corrected chi connectivity index (χ3v) is 3.73. The second-order valence-corrected chi connectivity index (χ2v) is 5.49. The predicted molar refractivity (Wildman–Crippen MR) is 75.3 cm³/mol. The Kier molecular flexibility index (Phi) is 4.56. The number of nitrogens with one attached hydrogen (secondary N) is 1. The van der Waals surface area contributed by atoms with Crippen molar-refractivity contribution in [2.45, 2.75) is 26.4 Å². The fourth-order valence-electron chi connectivity index (χ4n) is 2.66. The maximum absolute atomic E-state index is 11.0. The minimum atomic E-state index is -0.859. The summed E-state index contributed by atoms with van der Waals surface area (Å²) >= 11 is 0. The van der Waals surface area contributed by atoms with Crippen molar-refractivity contribution in [1.82, 2.24) is 10.2 Å². The highest BCUT2D eigenvalue weighted by molar-refractivity contribution is 5.87. The van der Waals surface area contributed by atoms with Crippen molar-refractivity contribution < 1.29 is 9.90 Å². The Balaban J connectivity index is 2.10. The number of rotatable bonds is 4. The van der Waals surface area contributed by atoms with Crippen molar-refractivity contribution in [3.63, 3.8) is 0 Å². The maximum atomic E-state index is 11.0. The van der Waals surface area contributed by atoms with E-state index >= 15 is 0 Å². The molecule has 0 aromatic heterocycles. The lowest BCUT2D eigenvalue weighted by Crippen LogP contribution is -2.52.